The Bertz CT molecular complexity index is 1540. The van der Waals surface area contributed by atoms with Crippen LogP contribution in [0.15, 0.2) is 120 Å². The number of nitrogens with one attached hydrogen (secondary N) is 2. The molecule has 8 heteroatoms. The highest BCUT2D eigenvalue weighted by Crippen LogP contribution is 2.43. The van der Waals surface area contributed by atoms with Crippen LogP contribution < -0.4 is 20.3 Å². The van der Waals surface area contributed by atoms with Gasteiger partial charge < -0.3 is 19.3 Å². The van der Waals surface area contributed by atoms with Crippen LogP contribution in [-0.2, 0) is 9.53 Å². The summed E-state index contributed by atoms with van der Waals surface area (Å²) in [5, 5.41) is 9.04. The van der Waals surface area contributed by atoms with E-state index in [2.05, 4.69) is 10.9 Å². The van der Waals surface area contributed by atoms with E-state index < -0.39 is 11.6 Å². The monoisotopic (exact) mass is 577 g/mol. The fourth-order valence-corrected chi connectivity index (χ4v) is 4.82. The first-order valence-electron chi connectivity index (χ1n) is 14.2. The van der Waals surface area contributed by atoms with Crippen molar-refractivity contribution in [2.24, 2.45) is 4.99 Å². The summed E-state index contributed by atoms with van der Waals surface area (Å²) < 4.78 is 17.8. The molecule has 2 atom stereocenters. The number of carbonyl (C=O) groups is 1. The summed E-state index contributed by atoms with van der Waals surface area (Å²) in [6.45, 7) is 0.479. The van der Waals surface area contributed by atoms with Crippen molar-refractivity contribution in [3.8, 4) is 11.5 Å². The molecule has 0 radical (unpaired) electrons. The van der Waals surface area contributed by atoms with Crippen molar-refractivity contribution >= 4 is 23.6 Å². The van der Waals surface area contributed by atoms with Crippen LogP contribution in [0.4, 0.5) is 5.69 Å². The van der Waals surface area contributed by atoms with Crippen LogP contribution in [0.3, 0.4) is 0 Å². The molecule has 1 amide bonds. The summed E-state index contributed by atoms with van der Waals surface area (Å²) in [6, 6.07) is 34.2. The Labute approximate surface area is 251 Å². The molecule has 5 rings (SSSR count). The van der Waals surface area contributed by atoms with Crippen LogP contribution in [0.1, 0.15) is 35.6 Å². The number of aliphatic hydroxyl groups is 1. The van der Waals surface area contributed by atoms with Gasteiger partial charge in [-0.2, -0.15) is 0 Å². The van der Waals surface area contributed by atoms with Crippen molar-refractivity contribution in [3.05, 3.63) is 132 Å². The number of aliphatic imine (C=N–C) groups is 1. The lowest BCUT2D eigenvalue weighted by molar-refractivity contribution is -0.128. The van der Waals surface area contributed by atoms with Crippen molar-refractivity contribution in [2.75, 3.05) is 25.7 Å². The number of carbonyl (C=O) groups excluding carboxylic acids is 1. The number of hydrogen-bond donors (Lipinski definition) is 3. The number of rotatable bonds is 13. The number of methoxy groups -OCH3 is 1. The van der Waals surface area contributed by atoms with Crippen LogP contribution in [0.5, 0.6) is 11.5 Å². The van der Waals surface area contributed by atoms with E-state index in [4.69, 9.17) is 24.3 Å². The zero-order valence-corrected chi connectivity index (χ0v) is 24.0. The molecule has 43 heavy (non-hydrogen) atoms. The van der Waals surface area contributed by atoms with Gasteiger partial charge in [-0.15, -0.1) is 0 Å². The summed E-state index contributed by atoms with van der Waals surface area (Å²) in [7, 11) is 1.60. The third-order valence-corrected chi connectivity index (χ3v) is 7.06. The fraction of sp³-hybridized carbons (Fsp3) is 0.200. The molecule has 0 unspecified atom stereocenters. The van der Waals surface area contributed by atoms with Gasteiger partial charge in [0.2, 0.25) is 5.90 Å². The van der Waals surface area contributed by atoms with Gasteiger partial charge in [0.15, 0.2) is 11.6 Å². The first-order valence-corrected chi connectivity index (χ1v) is 14.2. The van der Waals surface area contributed by atoms with Crippen molar-refractivity contribution < 1.29 is 24.1 Å². The molecule has 3 N–H and O–H groups in total. The third-order valence-electron chi connectivity index (χ3n) is 7.06. The SMILES string of the molecule is COc1cccc([C@@H]2OC(c3ccc(OCCCO)cc3)=N[C@]2(C/C=C/c2ccccc2)C(=O)NNc2ccccc2)c1. The van der Waals surface area contributed by atoms with E-state index in [0.717, 1.165) is 16.8 Å². The van der Waals surface area contributed by atoms with Gasteiger partial charge in [0, 0.05) is 25.0 Å². The average Bonchev–Trinajstić information content (AvgIpc) is 3.46. The Morgan fingerprint density at radius 2 is 1.70 bits per heavy atom. The highest BCUT2D eigenvalue weighted by atomic mass is 16.5. The topological polar surface area (TPSA) is 101 Å². The van der Waals surface area contributed by atoms with Gasteiger partial charge in [-0.25, -0.2) is 4.99 Å². The average molecular weight is 578 g/mol. The van der Waals surface area contributed by atoms with E-state index in [0.29, 0.717) is 36.0 Å². The quantitative estimate of drug-likeness (QED) is 0.134. The van der Waals surface area contributed by atoms with Crippen LogP contribution in [0.2, 0.25) is 0 Å². The third kappa shape index (κ3) is 7.23. The molecule has 220 valence electrons. The van der Waals surface area contributed by atoms with Crippen molar-refractivity contribution in [2.45, 2.75) is 24.5 Å². The highest BCUT2D eigenvalue weighted by Gasteiger charge is 2.52. The number of aliphatic hydroxyl groups excluding tert-OH is 1. The minimum absolute atomic E-state index is 0.0659. The van der Waals surface area contributed by atoms with E-state index in [-0.39, 0.29) is 18.9 Å². The predicted octanol–water partition coefficient (Wildman–Crippen LogP) is 5.96. The molecule has 1 aliphatic rings. The zero-order valence-electron chi connectivity index (χ0n) is 24.0. The first-order chi connectivity index (χ1) is 21.1. The Hall–Kier alpha value is -5.08. The molecule has 0 aliphatic carbocycles. The van der Waals surface area contributed by atoms with E-state index in [9.17, 15) is 4.79 Å². The molecule has 0 saturated carbocycles. The number of amides is 1. The molecule has 0 spiro atoms. The molecule has 0 saturated heterocycles. The smallest absolute Gasteiger partial charge is 0.270 e. The minimum atomic E-state index is -1.36. The summed E-state index contributed by atoms with van der Waals surface area (Å²) in [4.78, 5) is 19.3. The number of para-hydroxylation sites is 1. The number of hydrogen-bond acceptors (Lipinski definition) is 7. The molecular formula is C35H35N3O5. The maximum absolute atomic E-state index is 14.2. The van der Waals surface area contributed by atoms with Gasteiger partial charge in [0.05, 0.1) is 19.4 Å². The lowest BCUT2D eigenvalue weighted by atomic mass is 9.84. The normalized spacial score (nSPS) is 17.6. The number of hydrazine groups is 1. The highest BCUT2D eigenvalue weighted by molar-refractivity contribution is 6.01. The Morgan fingerprint density at radius 1 is 0.953 bits per heavy atom. The Morgan fingerprint density at radius 3 is 2.42 bits per heavy atom. The zero-order chi connectivity index (χ0) is 29.9. The van der Waals surface area contributed by atoms with Gasteiger partial charge in [-0.3, -0.25) is 15.6 Å². The van der Waals surface area contributed by atoms with E-state index in [1.165, 1.54) is 0 Å². The van der Waals surface area contributed by atoms with Crippen molar-refractivity contribution in [3.63, 3.8) is 0 Å². The van der Waals surface area contributed by atoms with Gasteiger partial charge in [0.25, 0.3) is 5.91 Å². The molecule has 4 aromatic rings. The summed E-state index contributed by atoms with van der Waals surface area (Å²) in [5.41, 5.74) is 7.77. The molecule has 4 aromatic carbocycles. The minimum Gasteiger partial charge on any atom is -0.497 e. The molecular weight excluding hydrogens is 542 g/mol. The molecule has 0 fully saturated rings. The summed E-state index contributed by atoms with van der Waals surface area (Å²) >= 11 is 0. The van der Waals surface area contributed by atoms with Gasteiger partial charge in [-0.1, -0.05) is 72.8 Å². The van der Waals surface area contributed by atoms with Crippen LogP contribution >= 0.6 is 0 Å². The standard InChI is InChI=1S/C35H35N3O5/c1-41-31-17-8-14-28(25-31)32-35(22-9-13-26-11-4-2-5-12-26,34(40)38-37-29-15-6-3-7-16-29)36-33(43-32)27-18-20-30(21-19-27)42-24-10-23-39/h2-9,11-21,25,32,37,39H,10,22-24H2,1H3,(H,38,40)/b13-9+/t32-,35-/m0/s1. The number of anilines is 1. The summed E-state index contributed by atoms with van der Waals surface area (Å²) in [5.74, 6) is 1.32. The van der Waals surface area contributed by atoms with Gasteiger partial charge in [0.1, 0.15) is 11.5 Å². The Kier molecular flexibility index (Phi) is 9.71. The lowest BCUT2D eigenvalue weighted by Gasteiger charge is -2.30. The first kappa shape index (κ1) is 29.4. The number of nitrogens with zero attached hydrogens (tertiary/aromatic N) is 1. The van der Waals surface area contributed by atoms with Crippen LogP contribution in [0.25, 0.3) is 6.08 Å². The number of benzene rings is 4. The second-order valence-electron chi connectivity index (χ2n) is 10.0. The maximum Gasteiger partial charge on any atom is 0.270 e. The van der Waals surface area contributed by atoms with Crippen molar-refractivity contribution in [1.82, 2.24) is 5.43 Å². The predicted molar refractivity (Wildman–Crippen MR) is 168 cm³/mol. The Balaban J connectivity index is 1.53. The molecule has 8 nitrogen and oxygen atoms in total. The van der Waals surface area contributed by atoms with Gasteiger partial charge >= 0.3 is 0 Å². The van der Waals surface area contributed by atoms with Crippen LogP contribution in [-0.4, -0.2) is 42.8 Å². The second kappa shape index (κ2) is 14.2. The molecule has 0 bridgehead atoms. The molecule has 1 aliphatic heterocycles. The van der Waals surface area contributed by atoms with E-state index in [1.807, 2.05) is 121 Å². The number of ether oxygens (including phenoxy) is 3. The molecule has 1 heterocycles. The summed E-state index contributed by atoms with van der Waals surface area (Å²) in [6.07, 6.45) is 3.99. The fourth-order valence-electron chi connectivity index (χ4n) is 4.82. The van der Waals surface area contributed by atoms with E-state index >= 15 is 0 Å². The van der Waals surface area contributed by atoms with Gasteiger partial charge in [-0.05, 0) is 59.7 Å². The largest absolute Gasteiger partial charge is 0.497 e. The molecule has 0 aromatic heterocycles. The van der Waals surface area contributed by atoms with Crippen molar-refractivity contribution in [1.29, 1.82) is 0 Å². The lowest BCUT2D eigenvalue weighted by Crippen LogP contribution is -2.49. The second-order valence-corrected chi connectivity index (χ2v) is 10.0. The maximum atomic E-state index is 14.2. The van der Waals surface area contributed by atoms with Crippen LogP contribution in [0, 0.1) is 0 Å². The van der Waals surface area contributed by atoms with E-state index in [1.54, 1.807) is 7.11 Å².